The Kier molecular flexibility index (Phi) is 14.2. The smallest absolute Gasteiger partial charge is 0.146 e. The van der Waals surface area contributed by atoms with Crippen LogP contribution < -0.4 is 0 Å². The molecule has 152 valence electrons. The molecule has 0 spiro atoms. The lowest BCUT2D eigenvalue weighted by atomic mass is 10.2. The molecule has 2 rings (SSSR count). The van der Waals surface area contributed by atoms with E-state index in [0.29, 0.717) is 0 Å². The van der Waals surface area contributed by atoms with Gasteiger partial charge in [-0.25, -0.2) is 0 Å². The van der Waals surface area contributed by atoms with Crippen molar-refractivity contribution in [2.24, 2.45) is 0 Å². The summed E-state index contributed by atoms with van der Waals surface area (Å²) in [4.78, 5) is 3.79. The Hall–Kier alpha value is -0.380. The van der Waals surface area contributed by atoms with E-state index >= 15 is 0 Å². The topological polar surface area (TPSA) is 6.48 Å². The predicted octanol–water partition coefficient (Wildman–Crippen LogP) is 6.83. The third kappa shape index (κ3) is 12.2. The summed E-state index contributed by atoms with van der Waals surface area (Å²) in [5.74, 6) is 2.16. The first-order valence-electron chi connectivity index (χ1n) is 8.49. The minimum absolute atomic E-state index is 0.837. The SMILES string of the molecule is CN(C)C(=S)SSC(=S)N(C)C.c1ccc(CSSCc2ccccc2)cc1. The highest BCUT2D eigenvalue weighted by Gasteiger charge is 2.05. The van der Waals surface area contributed by atoms with Gasteiger partial charge in [-0.15, -0.1) is 0 Å². The first-order valence-corrected chi connectivity index (χ1v) is 13.9. The third-order valence-corrected chi connectivity index (χ3v) is 9.57. The quantitative estimate of drug-likeness (QED) is 0.254. The standard InChI is InChI=1S/C14H14S2.C6H12N2S4/c1-3-7-13(8-4-1)11-15-16-12-14-9-5-2-6-10-14;1-7(2)5(9)11-12-6(10)8(3)4/h1-10H,11-12H2;1-4H3. The van der Waals surface area contributed by atoms with E-state index in [1.54, 1.807) is 0 Å². The van der Waals surface area contributed by atoms with E-state index in [-0.39, 0.29) is 0 Å². The Balaban J connectivity index is 0.000000295. The van der Waals surface area contributed by atoms with E-state index < -0.39 is 0 Å². The molecule has 0 aliphatic heterocycles. The van der Waals surface area contributed by atoms with Gasteiger partial charge in [0.05, 0.1) is 0 Å². The lowest BCUT2D eigenvalue weighted by Crippen LogP contribution is -2.18. The maximum Gasteiger partial charge on any atom is 0.146 e. The van der Waals surface area contributed by atoms with Crippen LogP contribution in [0.5, 0.6) is 0 Å². The van der Waals surface area contributed by atoms with Gasteiger partial charge in [-0.2, -0.15) is 0 Å². The molecule has 0 aliphatic rings. The Morgan fingerprint density at radius 1 is 0.643 bits per heavy atom. The number of nitrogens with zero attached hydrogens (tertiary/aromatic N) is 2. The lowest BCUT2D eigenvalue weighted by Gasteiger charge is -2.15. The maximum absolute atomic E-state index is 5.07. The van der Waals surface area contributed by atoms with E-state index in [9.17, 15) is 0 Å². The lowest BCUT2D eigenvalue weighted by molar-refractivity contribution is 0.647. The minimum Gasteiger partial charge on any atom is -0.363 e. The van der Waals surface area contributed by atoms with Crippen LogP contribution in [0.2, 0.25) is 0 Å². The summed E-state index contributed by atoms with van der Waals surface area (Å²) < 4.78 is 1.67. The van der Waals surface area contributed by atoms with Crippen LogP contribution in [0, 0.1) is 0 Å². The number of rotatable bonds is 5. The highest BCUT2D eigenvalue weighted by atomic mass is 33.1. The van der Waals surface area contributed by atoms with Crippen molar-refractivity contribution in [3.05, 3.63) is 71.8 Å². The molecule has 28 heavy (non-hydrogen) atoms. The molecule has 2 nitrogen and oxygen atoms in total. The van der Waals surface area contributed by atoms with Crippen molar-refractivity contribution in [2.75, 3.05) is 28.2 Å². The summed E-state index contributed by atoms with van der Waals surface area (Å²) in [7, 11) is 14.6. The molecule has 0 saturated carbocycles. The monoisotopic (exact) mass is 486 g/mol. The van der Waals surface area contributed by atoms with Gasteiger partial charge in [0.15, 0.2) is 0 Å². The summed E-state index contributed by atoms with van der Waals surface area (Å²) in [6.45, 7) is 0. The largest absolute Gasteiger partial charge is 0.363 e. The average Bonchev–Trinajstić information content (AvgIpc) is 2.71. The summed E-state index contributed by atoms with van der Waals surface area (Å²) in [6, 6.07) is 21.2. The molecule has 2 aromatic carbocycles. The van der Waals surface area contributed by atoms with E-state index in [1.807, 2.05) is 59.6 Å². The van der Waals surface area contributed by atoms with Crippen molar-refractivity contribution in [3.8, 4) is 0 Å². The van der Waals surface area contributed by atoms with E-state index in [2.05, 4.69) is 60.7 Å². The highest BCUT2D eigenvalue weighted by molar-refractivity contribution is 8.89. The van der Waals surface area contributed by atoms with Crippen LogP contribution in [0.25, 0.3) is 0 Å². The number of hydrogen-bond donors (Lipinski definition) is 0. The highest BCUT2D eigenvalue weighted by Crippen LogP contribution is 2.29. The predicted molar refractivity (Wildman–Crippen MR) is 143 cm³/mol. The van der Waals surface area contributed by atoms with E-state index in [4.69, 9.17) is 24.4 Å². The molecule has 0 aliphatic carbocycles. The van der Waals surface area contributed by atoms with Crippen molar-refractivity contribution in [3.63, 3.8) is 0 Å². The van der Waals surface area contributed by atoms with Crippen LogP contribution in [0.1, 0.15) is 11.1 Å². The van der Waals surface area contributed by atoms with Crippen LogP contribution in [-0.2, 0) is 11.5 Å². The van der Waals surface area contributed by atoms with Gasteiger partial charge in [0.1, 0.15) is 8.64 Å². The Bertz CT molecular complexity index is 631. The summed E-state index contributed by atoms with van der Waals surface area (Å²) in [5, 5.41) is 0. The van der Waals surface area contributed by atoms with Crippen LogP contribution in [0.3, 0.4) is 0 Å². The average molecular weight is 487 g/mol. The fourth-order valence-corrected chi connectivity index (χ4v) is 6.10. The second-order valence-electron chi connectivity index (χ2n) is 5.98. The van der Waals surface area contributed by atoms with Crippen molar-refractivity contribution >= 4 is 76.3 Å². The van der Waals surface area contributed by atoms with Gasteiger partial charge in [-0.1, -0.05) is 107 Å². The second-order valence-corrected chi connectivity index (χ2v) is 11.8. The zero-order valence-corrected chi connectivity index (χ0v) is 21.4. The van der Waals surface area contributed by atoms with E-state index in [0.717, 1.165) is 20.1 Å². The second kappa shape index (κ2) is 15.5. The molecule has 0 saturated heterocycles. The molecule has 0 N–H and O–H groups in total. The third-order valence-electron chi connectivity index (χ3n) is 3.13. The maximum atomic E-state index is 5.07. The van der Waals surface area contributed by atoms with Crippen molar-refractivity contribution in [2.45, 2.75) is 11.5 Å². The van der Waals surface area contributed by atoms with Gasteiger partial charge in [0, 0.05) is 39.7 Å². The first kappa shape index (κ1) is 25.7. The van der Waals surface area contributed by atoms with Gasteiger partial charge >= 0.3 is 0 Å². The molecule has 0 atom stereocenters. The minimum atomic E-state index is 0.837. The zero-order valence-electron chi connectivity index (χ0n) is 16.5. The van der Waals surface area contributed by atoms with Crippen LogP contribution in [-0.4, -0.2) is 46.6 Å². The van der Waals surface area contributed by atoms with Crippen LogP contribution in [0.15, 0.2) is 60.7 Å². The molecule has 0 fully saturated rings. The van der Waals surface area contributed by atoms with Crippen LogP contribution >= 0.6 is 67.6 Å². The van der Waals surface area contributed by atoms with E-state index in [1.165, 1.54) is 32.7 Å². The number of benzene rings is 2. The molecule has 0 amide bonds. The molecular formula is C20H26N2S6. The van der Waals surface area contributed by atoms with Crippen molar-refractivity contribution < 1.29 is 0 Å². The summed E-state index contributed by atoms with van der Waals surface area (Å²) in [5.41, 5.74) is 2.79. The summed E-state index contributed by atoms with van der Waals surface area (Å²) in [6.07, 6.45) is 0. The Labute approximate surface area is 196 Å². The fourth-order valence-electron chi connectivity index (χ4n) is 1.59. The Morgan fingerprint density at radius 2 is 0.964 bits per heavy atom. The normalized spacial score (nSPS) is 9.86. The zero-order chi connectivity index (χ0) is 20.8. The Morgan fingerprint density at radius 3 is 1.25 bits per heavy atom. The molecule has 0 bridgehead atoms. The first-order chi connectivity index (χ1) is 13.4. The van der Waals surface area contributed by atoms with Gasteiger partial charge in [-0.3, -0.25) is 0 Å². The molecule has 0 unspecified atom stereocenters. The van der Waals surface area contributed by atoms with Crippen LogP contribution in [0.4, 0.5) is 0 Å². The number of hydrogen-bond acceptors (Lipinski definition) is 6. The molecular weight excluding hydrogens is 461 g/mol. The molecule has 0 aromatic heterocycles. The molecule has 8 heteroatoms. The fraction of sp³-hybridized carbons (Fsp3) is 0.300. The summed E-state index contributed by atoms with van der Waals surface area (Å²) >= 11 is 10.1. The van der Waals surface area contributed by atoms with Crippen molar-refractivity contribution in [1.29, 1.82) is 0 Å². The van der Waals surface area contributed by atoms with Gasteiger partial charge < -0.3 is 9.80 Å². The number of thiocarbonyl (C=S) groups is 2. The van der Waals surface area contributed by atoms with Gasteiger partial charge in [0.2, 0.25) is 0 Å². The van der Waals surface area contributed by atoms with Gasteiger partial charge in [-0.05, 0) is 32.7 Å². The molecule has 2 aromatic rings. The van der Waals surface area contributed by atoms with Gasteiger partial charge in [0.25, 0.3) is 0 Å². The van der Waals surface area contributed by atoms with Crippen molar-refractivity contribution in [1.82, 2.24) is 9.80 Å². The molecule has 0 heterocycles. The molecule has 0 radical (unpaired) electrons.